The summed E-state index contributed by atoms with van der Waals surface area (Å²) in [6.07, 6.45) is 1.15. The van der Waals surface area contributed by atoms with Crippen molar-refractivity contribution < 1.29 is 23.9 Å². The number of methoxy groups -OCH3 is 1. The number of ketones is 1. The van der Waals surface area contributed by atoms with Crippen LogP contribution in [0, 0.1) is 6.92 Å². The quantitative estimate of drug-likeness (QED) is 0.362. The zero-order valence-corrected chi connectivity index (χ0v) is 17.7. The number of nitrogens with zero attached hydrogens (tertiary/aromatic N) is 1. The first-order chi connectivity index (χ1) is 14.9. The van der Waals surface area contributed by atoms with E-state index >= 15 is 0 Å². The Balaban J connectivity index is 1.72. The fourth-order valence-electron chi connectivity index (χ4n) is 3.62. The van der Waals surface area contributed by atoms with E-state index < -0.39 is 17.7 Å². The molecule has 2 heterocycles. The Kier molecular flexibility index (Phi) is 5.52. The molecule has 31 heavy (non-hydrogen) atoms. The van der Waals surface area contributed by atoms with Crippen molar-refractivity contribution in [2.24, 2.45) is 0 Å². The smallest absolute Gasteiger partial charge is 0.333 e. The van der Waals surface area contributed by atoms with Crippen LogP contribution in [0.3, 0.4) is 0 Å². The van der Waals surface area contributed by atoms with Gasteiger partial charge in [-0.3, -0.25) is 9.59 Å². The minimum Gasteiger partial charge on any atom is -0.497 e. The standard InChI is InChI=1S/C23H19ClN2O5/c1-13-21(22(28)23(29)25-16-10-20(27)31-12-16)18-9-15(24)5-8-19(18)26(13)11-14-3-6-17(30-2)7-4-14/h3-10H,11-12H2,1-2H3,(H,25,29). The molecule has 0 aliphatic carbocycles. The number of Topliss-reactive ketones (excluding diaryl/α,β-unsaturated/α-hetero) is 1. The predicted octanol–water partition coefficient (Wildman–Crippen LogP) is 3.40. The molecule has 158 valence electrons. The van der Waals surface area contributed by atoms with E-state index in [9.17, 15) is 14.4 Å². The maximum absolute atomic E-state index is 13.1. The maximum Gasteiger partial charge on any atom is 0.333 e. The van der Waals surface area contributed by atoms with Gasteiger partial charge in [-0.2, -0.15) is 0 Å². The Bertz CT molecular complexity index is 1240. The maximum atomic E-state index is 13.1. The number of aromatic nitrogens is 1. The average Bonchev–Trinajstić information content (AvgIpc) is 3.28. The molecule has 3 aromatic rings. The minimum absolute atomic E-state index is 0.0676. The van der Waals surface area contributed by atoms with Gasteiger partial charge in [0.05, 0.1) is 18.4 Å². The van der Waals surface area contributed by atoms with E-state index in [1.165, 1.54) is 0 Å². The minimum atomic E-state index is -0.837. The van der Waals surface area contributed by atoms with Crippen molar-refractivity contribution in [2.45, 2.75) is 13.5 Å². The van der Waals surface area contributed by atoms with Gasteiger partial charge in [0.1, 0.15) is 12.4 Å². The topological polar surface area (TPSA) is 86.6 Å². The van der Waals surface area contributed by atoms with E-state index in [0.717, 1.165) is 22.9 Å². The highest BCUT2D eigenvalue weighted by Crippen LogP contribution is 2.30. The number of hydrogen-bond acceptors (Lipinski definition) is 5. The fourth-order valence-corrected chi connectivity index (χ4v) is 3.79. The van der Waals surface area contributed by atoms with Crippen LogP contribution in [0.4, 0.5) is 0 Å². The van der Waals surface area contributed by atoms with Crippen molar-refractivity contribution in [3.05, 3.63) is 76.1 Å². The highest BCUT2D eigenvalue weighted by molar-refractivity contribution is 6.46. The van der Waals surface area contributed by atoms with Gasteiger partial charge in [-0.1, -0.05) is 23.7 Å². The summed E-state index contributed by atoms with van der Waals surface area (Å²) in [5, 5.41) is 3.50. The first kappa shape index (κ1) is 20.7. The Morgan fingerprint density at radius 2 is 1.94 bits per heavy atom. The molecule has 0 saturated heterocycles. The van der Waals surface area contributed by atoms with Crippen molar-refractivity contribution in [2.75, 3.05) is 13.7 Å². The summed E-state index contributed by atoms with van der Waals surface area (Å²) < 4.78 is 11.9. The summed E-state index contributed by atoms with van der Waals surface area (Å²) in [5.41, 5.74) is 2.95. The summed E-state index contributed by atoms with van der Waals surface area (Å²) >= 11 is 6.19. The third-order valence-corrected chi connectivity index (χ3v) is 5.39. The predicted molar refractivity (Wildman–Crippen MR) is 115 cm³/mol. The number of rotatable bonds is 6. The van der Waals surface area contributed by atoms with Crippen LogP contribution < -0.4 is 10.1 Å². The van der Waals surface area contributed by atoms with E-state index in [2.05, 4.69) is 5.32 Å². The zero-order valence-electron chi connectivity index (χ0n) is 16.9. The molecule has 0 atom stereocenters. The lowest BCUT2D eigenvalue weighted by Crippen LogP contribution is -2.31. The van der Waals surface area contributed by atoms with Crippen LogP contribution in [0.1, 0.15) is 21.6 Å². The number of nitrogens with one attached hydrogen (secondary N) is 1. The molecule has 1 aliphatic rings. The zero-order chi connectivity index (χ0) is 22.1. The van der Waals surface area contributed by atoms with E-state index in [4.69, 9.17) is 21.1 Å². The molecule has 8 heteroatoms. The van der Waals surface area contributed by atoms with Crippen LogP contribution in [-0.2, 0) is 20.9 Å². The van der Waals surface area contributed by atoms with Gasteiger partial charge >= 0.3 is 5.97 Å². The van der Waals surface area contributed by atoms with Gasteiger partial charge in [0.25, 0.3) is 11.7 Å². The van der Waals surface area contributed by atoms with Crippen LogP contribution in [0.2, 0.25) is 5.02 Å². The molecule has 4 rings (SSSR count). The molecule has 1 amide bonds. The van der Waals surface area contributed by atoms with Gasteiger partial charge in [-0.15, -0.1) is 0 Å². The van der Waals surface area contributed by atoms with Crippen molar-refractivity contribution >= 4 is 40.2 Å². The normalized spacial score (nSPS) is 13.1. The molecule has 1 N–H and O–H groups in total. The van der Waals surface area contributed by atoms with Crippen LogP contribution in [0.15, 0.2) is 54.2 Å². The van der Waals surface area contributed by atoms with Gasteiger partial charge in [0.15, 0.2) is 0 Å². The van der Waals surface area contributed by atoms with Gasteiger partial charge < -0.3 is 19.4 Å². The molecular weight excluding hydrogens is 420 g/mol. The number of fused-ring (bicyclic) bond motifs is 1. The Morgan fingerprint density at radius 3 is 2.58 bits per heavy atom. The van der Waals surface area contributed by atoms with Crippen LogP contribution in [0.25, 0.3) is 10.9 Å². The number of benzene rings is 2. The third kappa shape index (κ3) is 4.04. The second-order valence-electron chi connectivity index (χ2n) is 7.12. The Labute approximate surface area is 183 Å². The van der Waals surface area contributed by atoms with Crippen molar-refractivity contribution in [1.29, 1.82) is 0 Å². The molecule has 0 saturated carbocycles. The lowest BCUT2D eigenvalue weighted by molar-refractivity contribution is -0.135. The molecule has 2 aromatic carbocycles. The SMILES string of the molecule is COc1ccc(Cn2c(C)c(C(=O)C(=O)NC3=CC(=O)OC3)c3cc(Cl)ccc32)cc1. The van der Waals surface area contributed by atoms with Crippen molar-refractivity contribution in [1.82, 2.24) is 9.88 Å². The van der Waals surface area contributed by atoms with Crippen LogP contribution >= 0.6 is 11.6 Å². The summed E-state index contributed by atoms with van der Waals surface area (Å²) in [7, 11) is 1.61. The molecule has 1 aromatic heterocycles. The van der Waals surface area contributed by atoms with Crippen LogP contribution in [-0.4, -0.2) is 35.9 Å². The summed E-state index contributed by atoms with van der Waals surface area (Å²) in [6, 6.07) is 12.9. The molecule has 0 unspecified atom stereocenters. The monoisotopic (exact) mass is 438 g/mol. The van der Waals surface area contributed by atoms with Gasteiger partial charge in [0, 0.05) is 34.2 Å². The Hall–Kier alpha value is -3.58. The number of ether oxygens (including phenoxy) is 2. The number of halogens is 1. The second kappa shape index (κ2) is 8.28. The second-order valence-corrected chi connectivity index (χ2v) is 7.55. The molecule has 7 nitrogen and oxygen atoms in total. The van der Waals surface area contributed by atoms with Gasteiger partial charge in [-0.25, -0.2) is 4.79 Å². The number of hydrogen-bond donors (Lipinski definition) is 1. The molecule has 0 bridgehead atoms. The highest BCUT2D eigenvalue weighted by atomic mass is 35.5. The number of esters is 1. The average molecular weight is 439 g/mol. The summed E-state index contributed by atoms with van der Waals surface area (Å²) in [4.78, 5) is 36.9. The molecule has 0 radical (unpaired) electrons. The lowest BCUT2D eigenvalue weighted by Gasteiger charge is -2.10. The molecular formula is C23H19ClN2O5. The van der Waals surface area contributed by atoms with Crippen molar-refractivity contribution in [3.63, 3.8) is 0 Å². The van der Waals surface area contributed by atoms with Crippen molar-refractivity contribution in [3.8, 4) is 5.75 Å². The molecule has 1 aliphatic heterocycles. The highest BCUT2D eigenvalue weighted by Gasteiger charge is 2.27. The third-order valence-electron chi connectivity index (χ3n) is 5.15. The van der Waals surface area contributed by atoms with E-state index in [1.807, 2.05) is 34.9 Å². The number of carbonyl (C=O) groups is 3. The number of carbonyl (C=O) groups excluding carboxylic acids is 3. The number of amides is 1. The van der Waals surface area contributed by atoms with E-state index in [1.54, 1.807) is 26.2 Å². The van der Waals surface area contributed by atoms with Gasteiger partial charge in [0.2, 0.25) is 0 Å². The largest absolute Gasteiger partial charge is 0.497 e. The molecule has 0 fully saturated rings. The van der Waals surface area contributed by atoms with E-state index in [0.29, 0.717) is 22.6 Å². The lowest BCUT2D eigenvalue weighted by atomic mass is 10.1. The molecule has 0 spiro atoms. The number of cyclic esters (lactones) is 1. The van der Waals surface area contributed by atoms with Crippen LogP contribution in [0.5, 0.6) is 5.75 Å². The Morgan fingerprint density at radius 1 is 1.19 bits per heavy atom. The summed E-state index contributed by atoms with van der Waals surface area (Å²) in [6.45, 7) is 2.22. The first-order valence-electron chi connectivity index (χ1n) is 9.51. The van der Waals surface area contributed by atoms with E-state index in [-0.39, 0.29) is 17.9 Å². The van der Waals surface area contributed by atoms with Gasteiger partial charge in [-0.05, 0) is 42.8 Å². The first-order valence-corrected chi connectivity index (χ1v) is 9.89. The summed E-state index contributed by atoms with van der Waals surface area (Å²) in [5.74, 6) is -1.35. The fraction of sp³-hybridized carbons (Fsp3) is 0.174.